The number of carbonyl (C=O) groups is 2. The van der Waals surface area contributed by atoms with Gasteiger partial charge >= 0.3 is 0 Å². The molecule has 17 heavy (non-hydrogen) atoms. The van der Waals surface area contributed by atoms with Crippen molar-refractivity contribution in [3.63, 3.8) is 0 Å². The first-order chi connectivity index (χ1) is 8.22. The van der Waals surface area contributed by atoms with Crippen LogP contribution in [0.15, 0.2) is 10.6 Å². The first-order valence-electron chi connectivity index (χ1n) is 5.76. The van der Waals surface area contributed by atoms with E-state index in [1.165, 1.54) is 0 Å². The number of hydrogen-bond donors (Lipinski definition) is 2. The lowest BCUT2D eigenvalue weighted by molar-refractivity contribution is -0.119. The van der Waals surface area contributed by atoms with Crippen molar-refractivity contribution in [1.29, 1.82) is 0 Å². The van der Waals surface area contributed by atoms with Gasteiger partial charge in [-0.05, 0) is 12.8 Å². The predicted molar refractivity (Wildman–Crippen MR) is 57.4 cm³/mol. The lowest BCUT2D eigenvalue weighted by Crippen LogP contribution is -2.36. The Bertz CT molecular complexity index is 464. The highest BCUT2D eigenvalue weighted by Gasteiger charge is 2.30. The Morgan fingerprint density at radius 2 is 2.35 bits per heavy atom. The van der Waals surface area contributed by atoms with Crippen LogP contribution in [0.5, 0.6) is 0 Å². The molecule has 2 aliphatic rings. The minimum Gasteiger partial charge on any atom is -0.360 e. The van der Waals surface area contributed by atoms with Crippen molar-refractivity contribution in [2.75, 3.05) is 6.54 Å². The van der Waals surface area contributed by atoms with Crippen LogP contribution >= 0.6 is 0 Å². The van der Waals surface area contributed by atoms with E-state index in [0.29, 0.717) is 24.6 Å². The Balaban J connectivity index is 1.62. The molecule has 6 nitrogen and oxygen atoms in total. The standard InChI is InChI=1S/C11H13N3O3/c15-10-3-7(5-12-10)13-11(16)8-4-9(17-14-8)6-1-2-6/h4,6-7H,1-3,5H2,(H,12,15)(H,13,16). The predicted octanol–water partition coefficient (Wildman–Crippen LogP) is 0.170. The second-order valence-corrected chi connectivity index (χ2v) is 4.57. The number of nitrogens with one attached hydrogen (secondary N) is 2. The van der Waals surface area contributed by atoms with E-state index in [2.05, 4.69) is 15.8 Å². The van der Waals surface area contributed by atoms with E-state index in [4.69, 9.17) is 4.52 Å². The molecule has 6 heteroatoms. The third kappa shape index (κ3) is 2.15. The van der Waals surface area contributed by atoms with Crippen LogP contribution in [0.4, 0.5) is 0 Å². The summed E-state index contributed by atoms with van der Waals surface area (Å²) in [4.78, 5) is 22.8. The molecule has 1 aromatic rings. The Morgan fingerprint density at radius 3 is 3.00 bits per heavy atom. The van der Waals surface area contributed by atoms with Crippen LogP contribution in [-0.2, 0) is 4.79 Å². The van der Waals surface area contributed by atoms with Gasteiger partial charge in [-0.2, -0.15) is 0 Å². The Morgan fingerprint density at radius 1 is 1.53 bits per heavy atom. The smallest absolute Gasteiger partial charge is 0.273 e. The van der Waals surface area contributed by atoms with Crippen LogP contribution in [-0.4, -0.2) is 29.6 Å². The summed E-state index contributed by atoms with van der Waals surface area (Å²) in [6.07, 6.45) is 2.55. The van der Waals surface area contributed by atoms with Gasteiger partial charge in [-0.1, -0.05) is 5.16 Å². The summed E-state index contributed by atoms with van der Waals surface area (Å²) in [6, 6.07) is 1.55. The largest absolute Gasteiger partial charge is 0.360 e. The summed E-state index contributed by atoms with van der Waals surface area (Å²) >= 11 is 0. The van der Waals surface area contributed by atoms with E-state index in [-0.39, 0.29) is 17.9 Å². The maximum absolute atomic E-state index is 11.8. The second-order valence-electron chi connectivity index (χ2n) is 4.57. The van der Waals surface area contributed by atoms with Crippen molar-refractivity contribution in [3.05, 3.63) is 17.5 Å². The van der Waals surface area contributed by atoms with Crippen LogP contribution in [0.2, 0.25) is 0 Å². The Kier molecular flexibility index (Phi) is 2.35. The summed E-state index contributed by atoms with van der Waals surface area (Å²) in [5.74, 6) is 0.922. The molecule has 0 bridgehead atoms. The molecule has 0 radical (unpaired) electrons. The summed E-state index contributed by atoms with van der Waals surface area (Å²) in [5, 5.41) is 9.16. The van der Waals surface area contributed by atoms with Gasteiger partial charge in [-0.15, -0.1) is 0 Å². The zero-order chi connectivity index (χ0) is 11.8. The SMILES string of the molecule is O=C1CC(NC(=O)c2cc(C3CC3)on2)CN1. The third-order valence-corrected chi connectivity index (χ3v) is 3.05. The van der Waals surface area contributed by atoms with Crippen molar-refractivity contribution >= 4 is 11.8 Å². The van der Waals surface area contributed by atoms with Gasteiger partial charge in [0.15, 0.2) is 5.69 Å². The van der Waals surface area contributed by atoms with Gasteiger partial charge in [0.25, 0.3) is 5.91 Å². The first-order valence-corrected chi connectivity index (χ1v) is 5.76. The normalized spacial score (nSPS) is 23.5. The molecule has 2 amide bonds. The number of nitrogens with zero attached hydrogens (tertiary/aromatic N) is 1. The molecule has 0 spiro atoms. The van der Waals surface area contributed by atoms with Crippen molar-refractivity contribution in [3.8, 4) is 0 Å². The van der Waals surface area contributed by atoms with Gasteiger partial charge in [0.1, 0.15) is 5.76 Å². The third-order valence-electron chi connectivity index (χ3n) is 3.05. The van der Waals surface area contributed by atoms with Gasteiger partial charge in [0, 0.05) is 24.9 Å². The Hall–Kier alpha value is -1.85. The van der Waals surface area contributed by atoms with Crippen LogP contribution in [0.1, 0.15) is 41.4 Å². The average molecular weight is 235 g/mol. The number of carbonyl (C=O) groups excluding carboxylic acids is 2. The summed E-state index contributed by atoms with van der Waals surface area (Å²) < 4.78 is 5.10. The molecule has 90 valence electrons. The summed E-state index contributed by atoms with van der Waals surface area (Å²) in [7, 11) is 0. The molecule has 1 unspecified atom stereocenters. The Labute approximate surface area is 97.7 Å². The molecule has 2 fully saturated rings. The number of aromatic nitrogens is 1. The molecule has 1 atom stereocenters. The van der Waals surface area contributed by atoms with Crippen molar-refractivity contribution in [2.24, 2.45) is 0 Å². The topological polar surface area (TPSA) is 84.2 Å². The quantitative estimate of drug-likeness (QED) is 0.782. The molecule has 1 saturated heterocycles. The first kappa shape index (κ1) is 10.3. The van der Waals surface area contributed by atoms with Gasteiger partial charge in [0.05, 0.1) is 6.04 Å². The number of hydrogen-bond acceptors (Lipinski definition) is 4. The van der Waals surface area contributed by atoms with Crippen molar-refractivity contribution in [2.45, 2.75) is 31.2 Å². The maximum atomic E-state index is 11.8. The zero-order valence-corrected chi connectivity index (χ0v) is 9.23. The molecule has 3 rings (SSSR count). The van der Waals surface area contributed by atoms with Crippen molar-refractivity contribution < 1.29 is 14.1 Å². The highest BCUT2D eigenvalue weighted by molar-refractivity contribution is 5.93. The van der Waals surface area contributed by atoms with E-state index in [9.17, 15) is 9.59 Å². The fraction of sp³-hybridized carbons (Fsp3) is 0.545. The summed E-state index contributed by atoms with van der Waals surface area (Å²) in [6.45, 7) is 0.484. The monoisotopic (exact) mass is 235 g/mol. The molecule has 1 aliphatic heterocycles. The maximum Gasteiger partial charge on any atom is 0.273 e. The molecular weight excluding hydrogens is 222 g/mol. The van der Waals surface area contributed by atoms with E-state index in [1.54, 1.807) is 6.07 Å². The minimum absolute atomic E-state index is 0.0332. The number of rotatable bonds is 3. The van der Waals surface area contributed by atoms with Crippen molar-refractivity contribution in [1.82, 2.24) is 15.8 Å². The molecule has 2 N–H and O–H groups in total. The molecule has 1 aliphatic carbocycles. The average Bonchev–Trinajstić information content (AvgIpc) is 2.88. The van der Waals surface area contributed by atoms with Gasteiger partial charge in [0.2, 0.25) is 5.91 Å². The number of amides is 2. The second kappa shape index (κ2) is 3.87. The van der Waals surface area contributed by atoms with Crippen LogP contribution < -0.4 is 10.6 Å². The van der Waals surface area contributed by atoms with E-state index in [1.807, 2.05) is 0 Å². The van der Waals surface area contributed by atoms with Crippen LogP contribution in [0, 0.1) is 0 Å². The van der Waals surface area contributed by atoms with E-state index >= 15 is 0 Å². The van der Waals surface area contributed by atoms with Gasteiger partial charge < -0.3 is 15.2 Å². The minimum atomic E-state index is -0.276. The van der Waals surface area contributed by atoms with Gasteiger partial charge in [-0.25, -0.2) is 0 Å². The lowest BCUT2D eigenvalue weighted by Gasteiger charge is -2.07. The van der Waals surface area contributed by atoms with E-state index in [0.717, 1.165) is 18.6 Å². The van der Waals surface area contributed by atoms with Crippen LogP contribution in [0.3, 0.4) is 0 Å². The van der Waals surface area contributed by atoms with Gasteiger partial charge in [-0.3, -0.25) is 9.59 Å². The van der Waals surface area contributed by atoms with E-state index < -0.39 is 0 Å². The fourth-order valence-electron chi connectivity index (χ4n) is 1.92. The molecule has 0 aromatic carbocycles. The zero-order valence-electron chi connectivity index (χ0n) is 9.23. The molecule has 1 aromatic heterocycles. The fourth-order valence-corrected chi connectivity index (χ4v) is 1.92. The molecule has 1 saturated carbocycles. The lowest BCUT2D eigenvalue weighted by atomic mass is 10.2. The van der Waals surface area contributed by atoms with Crippen LogP contribution in [0.25, 0.3) is 0 Å². The molecular formula is C11H13N3O3. The summed E-state index contributed by atoms with van der Waals surface area (Å²) in [5.41, 5.74) is 0.297. The highest BCUT2D eigenvalue weighted by atomic mass is 16.5. The molecule has 2 heterocycles. The highest BCUT2D eigenvalue weighted by Crippen LogP contribution is 2.40.